The molecule has 0 saturated heterocycles. The monoisotopic (exact) mass is 303 g/mol. The molecule has 2 aliphatic rings. The number of rotatable bonds is 3. The smallest absolute Gasteiger partial charge is 0.258 e. The normalized spacial score (nSPS) is 27.6. The van der Waals surface area contributed by atoms with Crippen molar-refractivity contribution in [1.82, 2.24) is 15.3 Å². The second-order valence-corrected chi connectivity index (χ2v) is 6.77. The molecule has 2 aromatic rings. The summed E-state index contributed by atoms with van der Waals surface area (Å²) >= 11 is 5.98. The number of aromatic amines is 1. The third-order valence-corrected chi connectivity index (χ3v) is 5.22. The zero-order valence-electron chi connectivity index (χ0n) is 11.7. The fraction of sp³-hybridized carbons (Fsp3) is 0.500. The Morgan fingerprint density at radius 1 is 1.33 bits per heavy atom. The van der Waals surface area contributed by atoms with Gasteiger partial charge >= 0.3 is 0 Å². The van der Waals surface area contributed by atoms with Gasteiger partial charge in [0.15, 0.2) is 0 Å². The lowest BCUT2D eigenvalue weighted by atomic mass is 9.95. The summed E-state index contributed by atoms with van der Waals surface area (Å²) in [6.07, 6.45) is 5.38. The van der Waals surface area contributed by atoms with E-state index in [1.807, 2.05) is 0 Å². The average Bonchev–Trinajstić information content (AvgIpc) is 3.07. The van der Waals surface area contributed by atoms with Crippen LogP contribution in [-0.4, -0.2) is 16.0 Å². The summed E-state index contributed by atoms with van der Waals surface area (Å²) in [6, 6.07) is 5.77. The van der Waals surface area contributed by atoms with Crippen LogP contribution in [0.5, 0.6) is 0 Å². The maximum Gasteiger partial charge on any atom is 0.258 e. The van der Waals surface area contributed by atoms with Gasteiger partial charge in [-0.25, -0.2) is 4.98 Å². The van der Waals surface area contributed by atoms with Crippen LogP contribution in [-0.2, 0) is 6.54 Å². The van der Waals surface area contributed by atoms with E-state index in [1.165, 1.54) is 25.7 Å². The minimum Gasteiger partial charge on any atom is -0.309 e. The molecule has 5 heteroatoms. The van der Waals surface area contributed by atoms with Gasteiger partial charge in [-0.2, -0.15) is 0 Å². The van der Waals surface area contributed by atoms with Gasteiger partial charge in [0.05, 0.1) is 17.4 Å². The molecule has 0 aliphatic heterocycles. The van der Waals surface area contributed by atoms with Gasteiger partial charge in [-0.1, -0.05) is 18.0 Å². The molecular weight excluding hydrogens is 286 g/mol. The number of H-pyrrole nitrogens is 1. The Hall–Kier alpha value is -1.39. The summed E-state index contributed by atoms with van der Waals surface area (Å²) in [5.41, 5.74) is 0.567. The number of hydrogen-bond acceptors (Lipinski definition) is 3. The fourth-order valence-corrected chi connectivity index (χ4v) is 4.13. The van der Waals surface area contributed by atoms with E-state index in [0.717, 1.165) is 11.8 Å². The van der Waals surface area contributed by atoms with Gasteiger partial charge < -0.3 is 10.3 Å². The number of halogens is 1. The first-order valence-corrected chi connectivity index (χ1v) is 7.98. The first-order valence-electron chi connectivity index (χ1n) is 7.61. The predicted molar refractivity (Wildman–Crippen MR) is 83.4 cm³/mol. The van der Waals surface area contributed by atoms with Crippen molar-refractivity contribution in [3.8, 4) is 0 Å². The van der Waals surface area contributed by atoms with Crippen molar-refractivity contribution in [1.29, 1.82) is 0 Å². The summed E-state index contributed by atoms with van der Waals surface area (Å²) in [4.78, 5) is 19.5. The maximum atomic E-state index is 12.1. The van der Waals surface area contributed by atoms with Gasteiger partial charge in [0, 0.05) is 11.1 Å². The number of fused-ring (bicyclic) bond motifs is 3. The number of aromatic nitrogens is 2. The Kier molecular flexibility index (Phi) is 3.23. The largest absolute Gasteiger partial charge is 0.309 e. The summed E-state index contributed by atoms with van der Waals surface area (Å²) in [5, 5.41) is 4.76. The van der Waals surface area contributed by atoms with Gasteiger partial charge in [-0.05, 0) is 49.3 Å². The number of nitrogens with zero attached hydrogens (tertiary/aromatic N) is 1. The van der Waals surface area contributed by atoms with Crippen LogP contribution in [0.15, 0.2) is 23.0 Å². The van der Waals surface area contributed by atoms with Gasteiger partial charge in [0.2, 0.25) is 0 Å². The van der Waals surface area contributed by atoms with E-state index < -0.39 is 0 Å². The van der Waals surface area contributed by atoms with E-state index in [9.17, 15) is 4.79 Å². The molecule has 0 amide bonds. The lowest BCUT2D eigenvalue weighted by molar-refractivity contribution is 0.348. The maximum absolute atomic E-state index is 12.1. The first kappa shape index (κ1) is 13.3. The molecule has 21 heavy (non-hydrogen) atoms. The zero-order valence-corrected chi connectivity index (χ0v) is 12.5. The van der Waals surface area contributed by atoms with Crippen LogP contribution in [0.4, 0.5) is 0 Å². The quantitative estimate of drug-likeness (QED) is 0.916. The van der Waals surface area contributed by atoms with E-state index in [1.54, 1.807) is 18.2 Å². The summed E-state index contributed by atoms with van der Waals surface area (Å²) < 4.78 is 0. The van der Waals surface area contributed by atoms with E-state index in [-0.39, 0.29) is 5.56 Å². The van der Waals surface area contributed by atoms with Crippen LogP contribution in [0, 0.1) is 11.8 Å². The highest BCUT2D eigenvalue weighted by Crippen LogP contribution is 2.44. The zero-order chi connectivity index (χ0) is 14.4. The molecule has 4 nitrogen and oxygen atoms in total. The molecule has 1 heterocycles. The highest BCUT2D eigenvalue weighted by molar-refractivity contribution is 6.31. The predicted octanol–water partition coefficient (Wildman–Crippen LogP) is 2.85. The molecule has 2 N–H and O–H groups in total. The molecule has 110 valence electrons. The van der Waals surface area contributed by atoms with Crippen LogP contribution in [0.1, 0.15) is 31.5 Å². The van der Waals surface area contributed by atoms with E-state index in [4.69, 9.17) is 11.6 Å². The number of nitrogens with one attached hydrogen (secondary N) is 2. The summed E-state index contributed by atoms with van der Waals surface area (Å²) in [6.45, 7) is 0.617. The van der Waals surface area contributed by atoms with E-state index in [0.29, 0.717) is 34.3 Å². The third kappa shape index (κ3) is 2.47. The Morgan fingerprint density at radius 2 is 2.24 bits per heavy atom. The second-order valence-electron chi connectivity index (χ2n) is 6.34. The van der Waals surface area contributed by atoms with Gasteiger partial charge in [0.1, 0.15) is 5.82 Å². The van der Waals surface area contributed by atoms with Gasteiger partial charge in [0.25, 0.3) is 5.56 Å². The highest BCUT2D eigenvalue weighted by Gasteiger charge is 2.39. The minimum atomic E-state index is -0.0959. The summed E-state index contributed by atoms with van der Waals surface area (Å²) in [5.74, 6) is 2.42. The topological polar surface area (TPSA) is 57.8 Å². The van der Waals surface area contributed by atoms with Crippen molar-refractivity contribution < 1.29 is 0 Å². The first-order chi connectivity index (χ1) is 10.2. The van der Waals surface area contributed by atoms with Crippen molar-refractivity contribution >= 4 is 22.5 Å². The van der Waals surface area contributed by atoms with Crippen LogP contribution in [0.2, 0.25) is 5.02 Å². The van der Waals surface area contributed by atoms with Crippen molar-refractivity contribution in [2.24, 2.45) is 11.8 Å². The molecule has 0 spiro atoms. The van der Waals surface area contributed by atoms with Crippen molar-refractivity contribution in [2.75, 3.05) is 0 Å². The highest BCUT2D eigenvalue weighted by atomic mass is 35.5. The standard InChI is InChI=1S/C16H18ClN3O/c17-11-3-4-12-14(7-11)19-15(20-16(12)21)8-18-13-6-9-1-2-10(13)5-9/h3-4,7,9-10,13,18H,1-2,5-6,8H2,(H,19,20,21). The Labute approximate surface area is 127 Å². The Morgan fingerprint density at radius 3 is 3.00 bits per heavy atom. The van der Waals surface area contributed by atoms with Crippen LogP contribution in [0.3, 0.4) is 0 Å². The van der Waals surface area contributed by atoms with Crippen LogP contribution >= 0.6 is 11.6 Å². The van der Waals surface area contributed by atoms with Crippen molar-refractivity contribution in [2.45, 2.75) is 38.3 Å². The molecule has 3 atom stereocenters. The Bertz CT molecular complexity index is 742. The van der Waals surface area contributed by atoms with Crippen LogP contribution < -0.4 is 10.9 Å². The summed E-state index contributed by atoms with van der Waals surface area (Å²) in [7, 11) is 0. The van der Waals surface area contributed by atoms with Gasteiger partial charge in [-0.3, -0.25) is 4.79 Å². The van der Waals surface area contributed by atoms with Crippen molar-refractivity contribution in [3.05, 3.63) is 39.4 Å². The lowest BCUT2D eigenvalue weighted by Gasteiger charge is -2.22. The fourth-order valence-electron chi connectivity index (χ4n) is 3.97. The molecule has 0 radical (unpaired) electrons. The molecule has 2 aliphatic carbocycles. The molecular formula is C16H18ClN3O. The molecule has 2 bridgehead atoms. The van der Waals surface area contributed by atoms with Crippen LogP contribution in [0.25, 0.3) is 10.9 Å². The minimum absolute atomic E-state index is 0.0959. The molecule has 4 rings (SSSR count). The molecule has 2 fully saturated rings. The molecule has 1 aromatic carbocycles. The van der Waals surface area contributed by atoms with Crippen molar-refractivity contribution in [3.63, 3.8) is 0 Å². The van der Waals surface area contributed by atoms with Gasteiger partial charge in [-0.15, -0.1) is 0 Å². The van der Waals surface area contributed by atoms with E-state index in [2.05, 4.69) is 15.3 Å². The average molecular weight is 304 g/mol. The Balaban J connectivity index is 1.55. The molecule has 1 aromatic heterocycles. The SMILES string of the molecule is O=c1[nH]c(CNC2CC3CCC2C3)nc2cc(Cl)ccc12. The van der Waals surface area contributed by atoms with E-state index >= 15 is 0 Å². The third-order valence-electron chi connectivity index (χ3n) is 4.99. The number of hydrogen-bond donors (Lipinski definition) is 2. The number of benzene rings is 1. The molecule has 3 unspecified atom stereocenters. The second kappa shape index (κ2) is 5.11. The lowest BCUT2D eigenvalue weighted by Crippen LogP contribution is -2.34. The molecule has 2 saturated carbocycles.